The minimum absolute atomic E-state index is 0.274. The number of carbonyl (C=O) groups excluding carboxylic acids is 1. The van der Waals surface area contributed by atoms with Crippen LogP contribution in [0.1, 0.15) is 27.0 Å². The molecule has 1 aromatic heterocycles. The average Bonchev–Trinajstić information content (AvgIpc) is 3.05. The predicted octanol–water partition coefficient (Wildman–Crippen LogP) is 5.66. The third-order valence-electron chi connectivity index (χ3n) is 4.78. The summed E-state index contributed by atoms with van der Waals surface area (Å²) in [7, 11) is 0. The summed E-state index contributed by atoms with van der Waals surface area (Å²) in [5.74, 6) is 0.132. The Morgan fingerprint density at radius 3 is 2.43 bits per heavy atom. The highest BCUT2D eigenvalue weighted by atomic mass is 19.4. The van der Waals surface area contributed by atoms with Gasteiger partial charge >= 0.3 is 6.18 Å². The molecule has 7 heteroatoms. The zero-order valence-electron chi connectivity index (χ0n) is 16.1. The summed E-state index contributed by atoms with van der Waals surface area (Å²) >= 11 is 0. The number of rotatable bonds is 4. The second kappa shape index (κ2) is 7.67. The number of para-hydroxylation sites is 1. The number of anilines is 1. The second-order valence-corrected chi connectivity index (χ2v) is 7.04. The first-order chi connectivity index (χ1) is 14.3. The van der Waals surface area contributed by atoms with Crippen LogP contribution in [0.5, 0.6) is 0 Å². The molecule has 0 aliphatic carbocycles. The Morgan fingerprint density at radius 2 is 1.73 bits per heavy atom. The molecule has 0 radical (unpaired) electrons. The van der Waals surface area contributed by atoms with Crippen molar-refractivity contribution in [1.29, 1.82) is 0 Å². The maximum Gasteiger partial charge on any atom is 0.416 e. The largest absolute Gasteiger partial charge is 0.416 e. The van der Waals surface area contributed by atoms with E-state index in [2.05, 4.69) is 10.4 Å². The molecule has 4 aromatic rings. The highest BCUT2D eigenvalue weighted by molar-refractivity contribution is 6.08. The fourth-order valence-corrected chi connectivity index (χ4v) is 3.28. The summed E-state index contributed by atoms with van der Waals surface area (Å²) in [5, 5.41) is 8.11. The summed E-state index contributed by atoms with van der Waals surface area (Å²) in [6, 6.07) is 19.6. The Balaban J connectivity index is 1.63. The first kappa shape index (κ1) is 19.7. The molecule has 0 aliphatic rings. The van der Waals surface area contributed by atoms with Gasteiger partial charge < -0.3 is 5.32 Å². The van der Waals surface area contributed by atoms with Gasteiger partial charge in [-0.25, -0.2) is 0 Å². The van der Waals surface area contributed by atoms with Gasteiger partial charge in [0.1, 0.15) is 0 Å². The highest BCUT2D eigenvalue weighted by Gasteiger charge is 2.30. The summed E-state index contributed by atoms with van der Waals surface area (Å²) in [5.41, 5.74) is 2.25. The van der Waals surface area contributed by atoms with Crippen molar-refractivity contribution in [3.8, 4) is 0 Å². The molecular formula is C23H18F3N3O. The monoisotopic (exact) mass is 409 g/mol. The first-order valence-corrected chi connectivity index (χ1v) is 9.31. The molecule has 0 aliphatic heterocycles. The molecule has 0 bridgehead atoms. The molecule has 3 aromatic carbocycles. The van der Waals surface area contributed by atoms with Gasteiger partial charge in [0.25, 0.3) is 5.91 Å². The normalized spacial score (nSPS) is 11.6. The third-order valence-corrected chi connectivity index (χ3v) is 4.78. The fraction of sp³-hybridized carbons (Fsp3) is 0.130. The van der Waals surface area contributed by atoms with Gasteiger partial charge in [0, 0.05) is 10.9 Å². The van der Waals surface area contributed by atoms with Gasteiger partial charge in [-0.1, -0.05) is 42.0 Å². The second-order valence-electron chi connectivity index (χ2n) is 7.04. The number of alkyl halides is 3. The molecule has 0 spiro atoms. The maximum atomic E-state index is 12.8. The van der Waals surface area contributed by atoms with Crippen molar-refractivity contribution in [3.05, 3.63) is 95.1 Å². The standard InChI is InChI=1S/C23H18F3N3O/c1-15-5-4-6-17(13-15)22(30)27-21-19-7-2-3-8-20(19)29(28-21)14-16-9-11-18(12-10-16)23(24,25)26/h2-13H,14H2,1H3,(H,27,28,30). The number of hydrogen-bond acceptors (Lipinski definition) is 2. The van der Waals surface area contributed by atoms with E-state index in [1.54, 1.807) is 16.8 Å². The van der Waals surface area contributed by atoms with Crippen LogP contribution in [0.3, 0.4) is 0 Å². The number of aryl methyl sites for hydroxylation is 1. The van der Waals surface area contributed by atoms with Gasteiger partial charge in [-0.2, -0.15) is 18.3 Å². The minimum atomic E-state index is -4.37. The van der Waals surface area contributed by atoms with E-state index in [0.717, 1.165) is 28.6 Å². The Bertz CT molecular complexity index is 1210. The van der Waals surface area contributed by atoms with Gasteiger partial charge in [-0.15, -0.1) is 0 Å². The third kappa shape index (κ3) is 4.05. The van der Waals surface area contributed by atoms with Crippen LogP contribution in [0, 0.1) is 6.92 Å². The molecule has 1 heterocycles. The molecule has 4 rings (SSSR count). The van der Waals surface area contributed by atoms with E-state index in [0.29, 0.717) is 16.9 Å². The maximum absolute atomic E-state index is 12.8. The van der Waals surface area contributed by atoms with E-state index < -0.39 is 11.7 Å². The van der Waals surface area contributed by atoms with Gasteiger partial charge in [-0.3, -0.25) is 9.48 Å². The van der Waals surface area contributed by atoms with E-state index in [1.165, 1.54) is 12.1 Å². The van der Waals surface area contributed by atoms with Gasteiger partial charge in [0.15, 0.2) is 5.82 Å². The lowest BCUT2D eigenvalue weighted by molar-refractivity contribution is -0.137. The van der Waals surface area contributed by atoms with Crippen LogP contribution in [-0.4, -0.2) is 15.7 Å². The van der Waals surface area contributed by atoms with Crippen molar-refractivity contribution in [2.75, 3.05) is 5.32 Å². The molecule has 0 atom stereocenters. The SMILES string of the molecule is Cc1cccc(C(=O)Nc2nn(Cc3ccc(C(F)(F)F)cc3)c3ccccc23)c1. The van der Waals surface area contributed by atoms with Crippen LogP contribution in [0.15, 0.2) is 72.8 Å². The van der Waals surface area contributed by atoms with Gasteiger partial charge in [0.2, 0.25) is 0 Å². The predicted molar refractivity (Wildman–Crippen MR) is 109 cm³/mol. The van der Waals surface area contributed by atoms with Crippen LogP contribution in [0.4, 0.5) is 19.0 Å². The van der Waals surface area contributed by atoms with Crippen LogP contribution in [0.25, 0.3) is 10.9 Å². The molecule has 0 fully saturated rings. The van der Waals surface area contributed by atoms with Crippen LogP contribution in [0.2, 0.25) is 0 Å². The molecule has 4 nitrogen and oxygen atoms in total. The number of nitrogens with one attached hydrogen (secondary N) is 1. The smallest absolute Gasteiger partial charge is 0.305 e. The number of fused-ring (bicyclic) bond motifs is 1. The lowest BCUT2D eigenvalue weighted by atomic mass is 10.1. The van der Waals surface area contributed by atoms with E-state index in [1.807, 2.05) is 43.3 Å². The van der Waals surface area contributed by atoms with Crippen LogP contribution >= 0.6 is 0 Å². The molecule has 0 saturated carbocycles. The molecule has 152 valence electrons. The van der Waals surface area contributed by atoms with Crippen LogP contribution in [-0.2, 0) is 12.7 Å². The van der Waals surface area contributed by atoms with Crippen molar-refractivity contribution in [3.63, 3.8) is 0 Å². The van der Waals surface area contributed by atoms with E-state index in [-0.39, 0.29) is 12.5 Å². The summed E-state index contributed by atoms with van der Waals surface area (Å²) < 4.78 is 40.0. The number of aromatic nitrogens is 2. The van der Waals surface area contributed by atoms with E-state index in [4.69, 9.17) is 0 Å². The zero-order valence-corrected chi connectivity index (χ0v) is 16.1. The highest BCUT2D eigenvalue weighted by Crippen LogP contribution is 2.29. The van der Waals surface area contributed by atoms with Crippen molar-refractivity contribution in [1.82, 2.24) is 9.78 Å². The van der Waals surface area contributed by atoms with Gasteiger partial charge in [-0.05, 0) is 48.9 Å². The Labute approximate surface area is 171 Å². The summed E-state index contributed by atoms with van der Waals surface area (Å²) in [6.45, 7) is 2.18. The van der Waals surface area contributed by atoms with E-state index >= 15 is 0 Å². The fourth-order valence-electron chi connectivity index (χ4n) is 3.28. The number of amides is 1. The van der Waals surface area contributed by atoms with Crippen molar-refractivity contribution >= 4 is 22.6 Å². The lowest BCUT2D eigenvalue weighted by Gasteiger charge is -2.08. The van der Waals surface area contributed by atoms with Crippen molar-refractivity contribution in [2.24, 2.45) is 0 Å². The Kier molecular flexibility index (Phi) is 5.03. The average molecular weight is 409 g/mol. The number of nitrogens with zero attached hydrogens (tertiary/aromatic N) is 2. The van der Waals surface area contributed by atoms with Crippen LogP contribution < -0.4 is 5.32 Å². The number of halogens is 3. The molecular weight excluding hydrogens is 391 g/mol. The Morgan fingerprint density at radius 1 is 1.00 bits per heavy atom. The van der Waals surface area contributed by atoms with E-state index in [9.17, 15) is 18.0 Å². The number of benzene rings is 3. The molecule has 0 saturated heterocycles. The zero-order chi connectivity index (χ0) is 21.3. The molecule has 30 heavy (non-hydrogen) atoms. The lowest BCUT2D eigenvalue weighted by Crippen LogP contribution is -2.13. The van der Waals surface area contributed by atoms with Crippen molar-refractivity contribution < 1.29 is 18.0 Å². The topological polar surface area (TPSA) is 46.9 Å². The molecule has 1 amide bonds. The van der Waals surface area contributed by atoms with Gasteiger partial charge in [0.05, 0.1) is 17.6 Å². The number of hydrogen-bond donors (Lipinski definition) is 1. The summed E-state index contributed by atoms with van der Waals surface area (Å²) in [6.07, 6.45) is -4.37. The first-order valence-electron chi connectivity index (χ1n) is 9.31. The Hall–Kier alpha value is -3.61. The minimum Gasteiger partial charge on any atom is -0.305 e. The molecule has 1 N–H and O–H groups in total. The number of carbonyl (C=O) groups is 1. The quantitative estimate of drug-likeness (QED) is 0.473. The van der Waals surface area contributed by atoms with Crippen molar-refractivity contribution in [2.45, 2.75) is 19.6 Å². The summed E-state index contributed by atoms with van der Waals surface area (Å²) in [4.78, 5) is 12.6. The molecule has 0 unspecified atom stereocenters.